The van der Waals surface area contributed by atoms with Crippen LogP contribution in [0, 0.1) is 11.7 Å². The third-order valence-corrected chi connectivity index (χ3v) is 3.70. The third kappa shape index (κ3) is 3.93. The van der Waals surface area contributed by atoms with E-state index < -0.39 is 0 Å². The van der Waals surface area contributed by atoms with Gasteiger partial charge in [0.05, 0.1) is 5.75 Å². The molecule has 0 radical (unpaired) electrons. The first-order valence-corrected chi connectivity index (χ1v) is 6.58. The molecule has 1 fully saturated rings. The van der Waals surface area contributed by atoms with E-state index in [4.69, 9.17) is 5.73 Å². The van der Waals surface area contributed by atoms with Crippen molar-refractivity contribution in [2.75, 3.05) is 18.0 Å². The molecule has 0 unspecified atom stereocenters. The molecule has 1 aliphatic carbocycles. The monoisotopic (exact) mass is 254 g/mol. The van der Waals surface area contributed by atoms with Crippen LogP contribution in [0.5, 0.6) is 0 Å². The Labute approximate surface area is 104 Å². The van der Waals surface area contributed by atoms with E-state index in [1.54, 1.807) is 6.07 Å². The third-order valence-electron chi connectivity index (χ3n) is 2.62. The van der Waals surface area contributed by atoms with Gasteiger partial charge in [-0.2, -0.15) is 0 Å². The summed E-state index contributed by atoms with van der Waals surface area (Å²) in [6.45, 7) is 0.776. The zero-order chi connectivity index (χ0) is 12.3. The summed E-state index contributed by atoms with van der Waals surface area (Å²) in [6.07, 6.45) is 2.44. The Balaban J connectivity index is 1.77. The highest BCUT2D eigenvalue weighted by Crippen LogP contribution is 2.28. The molecule has 0 atom stereocenters. The SMILES string of the molecule is Nc1cc(F)ccc1SCC(=O)NCC1CC1. The average Bonchev–Trinajstić information content (AvgIpc) is 3.09. The normalized spacial score (nSPS) is 14.6. The first-order chi connectivity index (χ1) is 8.15. The van der Waals surface area contributed by atoms with Crippen LogP contribution in [0.1, 0.15) is 12.8 Å². The summed E-state index contributed by atoms with van der Waals surface area (Å²) >= 11 is 1.33. The number of thioether (sulfide) groups is 1. The van der Waals surface area contributed by atoms with Gasteiger partial charge in [0, 0.05) is 17.1 Å². The van der Waals surface area contributed by atoms with Crippen molar-refractivity contribution < 1.29 is 9.18 Å². The standard InChI is InChI=1S/C12H15FN2OS/c13-9-3-4-11(10(14)5-9)17-7-12(16)15-6-8-1-2-8/h3-5,8H,1-2,6-7,14H2,(H,15,16). The number of nitrogens with two attached hydrogens (primary N) is 1. The summed E-state index contributed by atoms with van der Waals surface area (Å²) in [5, 5.41) is 2.87. The average molecular weight is 254 g/mol. The van der Waals surface area contributed by atoms with Crippen LogP contribution in [0.3, 0.4) is 0 Å². The Morgan fingerprint density at radius 1 is 1.53 bits per heavy atom. The van der Waals surface area contributed by atoms with E-state index in [9.17, 15) is 9.18 Å². The molecule has 0 aromatic heterocycles. The van der Waals surface area contributed by atoms with Gasteiger partial charge in [-0.05, 0) is 37.0 Å². The Morgan fingerprint density at radius 3 is 2.94 bits per heavy atom. The van der Waals surface area contributed by atoms with Crippen LogP contribution in [-0.2, 0) is 4.79 Å². The van der Waals surface area contributed by atoms with Crippen molar-refractivity contribution in [2.45, 2.75) is 17.7 Å². The van der Waals surface area contributed by atoms with E-state index in [1.807, 2.05) is 0 Å². The molecule has 0 saturated heterocycles. The molecular weight excluding hydrogens is 239 g/mol. The fourth-order valence-electron chi connectivity index (χ4n) is 1.43. The number of benzene rings is 1. The van der Waals surface area contributed by atoms with E-state index in [1.165, 1.54) is 36.7 Å². The number of halogens is 1. The van der Waals surface area contributed by atoms with Crippen molar-refractivity contribution in [2.24, 2.45) is 5.92 Å². The van der Waals surface area contributed by atoms with Gasteiger partial charge in [-0.3, -0.25) is 4.79 Å². The summed E-state index contributed by atoms with van der Waals surface area (Å²) in [7, 11) is 0. The van der Waals surface area contributed by atoms with Crippen LogP contribution in [0.15, 0.2) is 23.1 Å². The van der Waals surface area contributed by atoms with Crippen molar-refractivity contribution in [3.8, 4) is 0 Å². The highest BCUT2D eigenvalue weighted by atomic mass is 32.2. The maximum atomic E-state index is 12.8. The summed E-state index contributed by atoms with van der Waals surface area (Å²) in [6, 6.07) is 4.22. The topological polar surface area (TPSA) is 55.1 Å². The first-order valence-electron chi connectivity index (χ1n) is 5.59. The van der Waals surface area contributed by atoms with Gasteiger partial charge in [0.2, 0.25) is 5.91 Å². The second kappa shape index (κ2) is 5.40. The van der Waals surface area contributed by atoms with Crippen LogP contribution in [0.25, 0.3) is 0 Å². The molecule has 1 aliphatic rings. The molecule has 3 N–H and O–H groups in total. The lowest BCUT2D eigenvalue weighted by Crippen LogP contribution is -2.27. The molecule has 1 aromatic rings. The molecular formula is C12H15FN2OS. The Bertz CT molecular complexity index is 421. The maximum Gasteiger partial charge on any atom is 0.230 e. The van der Waals surface area contributed by atoms with E-state index in [0.29, 0.717) is 17.4 Å². The molecule has 5 heteroatoms. The van der Waals surface area contributed by atoms with Crippen LogP contribution in [0.4, 0.5) is 10.1 Å². The van der Waals surface area contributed by atoms with Gasteiger partial charge in [0.15, 0.2) is 0 Å². The number of amides is 1. The molecule has 0 heterocycles. The number of anilines is 1. The smallest absolute Gasteiger partial charge is 0.230 e. The molecule has 0 aliphatic heterocycles. The molecule has 0 spiro atoms. The van der Waals surface area contributed by atoms with Crippen molar-refractivity contribution in [1.82, 2.24) is 5.32 Å². The second-order valence-corrected chi connectivity index (χ2v) is 5.24. The van der Waals surface area contributed by atoms with Crippen LogP contribution < -0.4 is 11.1 Å². The van der Waals surface area contributed by atoms with Crippen molar-refractivity contribution in [3.05, 3.63) is 24.0 Å². The fraction of sp³-hybridized carbons (Fsp3) is 0.417. The molecule has 1 amide bonds. The van der Waals surface area contributed by atoms with E-state index in [-0.39, 0.29) is 11.7 Å². The maximum absolute atomic E-state index is 12.8. The van der Waals surface area contributed by atoms with Gasteiger partial charge in [-0.25, -0.2) is 4.39 Å². The number of carbonyl (C=O) groups excluding carboxylic acids is 1. The lowest BCUT2D eigenvalue weighted by molar-refractivity contribution is -0.118. The zero-order valence-corrected chi connectivity index (χ0v) is 10.2. The minimum absolute atomic E-state index is 0.00521. The number of nitrogens with one attached hydrogen (secondary N) is 1. The van der Waals surface area contributed by atoms with Crippen LogP contribution >= 0.6 is 11.8 Å². The number of rotatable bonds is 5. The fourth-order valence-corrected chi connectivity index (χ4v) is 2.20. The molecule has 0 bridgehead atoms. The van der Waals surface area contributed by atoms with Gasteiger partial charge in [-0.1, -0.05) is 0 Å². The largest absolute Gasteiger partial charge is 0.398 e. The number of hydrogen-bond donors (Lipinski definition) is 2. The van der Waals surface area contributed by atoms with Gasteiger partial charge in [0.25, 0.3) is 0 Å². The summed E-state index contributed by atoms with van der Waals surface area (Å²) < 4.78 is 12.8. The Hall–Kier alpha value is -1.23. The predicted octanol–water partition coefficient (Wildman–Crippen LogP) is 2.03. The highest BCUT2D eigenvalue weighted by Gasteiger charge is 2.21. The lowest BCUT2D eigenvalue weighted by Gasteiger charge is -2.06. The molecule has 92 valence electrons. The number of carbonyl (C=O) groups is 1. The van der Waals surface area contributed by atoms with Crippen LogP contribution in [-0.4, -0.2) is 18.2 Å². The minimum atomic E-state index is -0.356. The van der Waals surface area contributed by atoms with Gasteiger partial charge >= 0.3 is 0 Å². The highest BCUT2D eigenvalue weighted by molar-refractivity contribution is 8.00. The molecule has 2 rings (SSSR count). The first kappa shape index (κ1) is 12.2. The van der Waals surface area contributed by atoms with Crippen molar-refractivity contribution in [3.63, 3.8) is 0 Å². The Kier molecular flexibility index (Phi) is 3.89. The molecule has 3 nitrogen and oxygen atoms in total. The summed E-state index contributed by atoms with van der Waals surface area (Å²) in [5.41, 5.74) is 6.03. The quantitative estimate of drug-likeness (QED) is 0.624. The van der Waals surface area contributed by atoms with Crippen molar-refractivity contribution >= 4 is 23.4 Å². The van der Waals surface area contributed by atoms with E-state index in [2.05, 4.69) is 5.32 Å². The predicted molar refractivity (Wildman–Crippen MR) is 67.3 cm³/mol. The van der Waals surface area contributed by atoms with Crippen molar-refractivity contribution in [1.29, 1.82) is 0 Å². The summed E-state index contributed by atoms with van der Waals surface area (Å²) in [5.74, 6) is 0.651. The summed E-state index contributed by atoms with van der Waals surface area (Å²) in [4.78, 5) is 12.2. The Morgan fingerprint density at radius 2 is 2.29 bits per heavy atom. The molecule has 1 aromatic carbocycles. The second-order valence-electron chi connectivity index (χ2n) is 4.22. The lowest BCUT2D eigenvalue weighted by atomic mass is 10.3. The zero-order valence-electron chi connectivity index (χ0n) is 9.41. The van der Waals surface area contributed by atoms with Gasteiger partial charge in [0.1, 0.15) is 5.82 Å². The minimum Gasteiger partial charge on any atom is -0.398 e. The van der Waals surface area contributed by atoms with Gasteiger partial charge in [-0.15, -0.1) is 11.8 Å². The molecule has 1 saturated carbocycles. The van der Waals surface area contributed by atoms with Crippen LogP contribution in [0.2, 0.25) is 0 Å². The number of hydrogen-bond acceptors (Lipinski definition) is 3. The van der Waals surface area contributed by atoms with E-state index >= 15 is 0 Å². The van der Waals surface area contributed by atoms with E-state index in [0.717, 1.165) is 11.4 Å². The molecule has 17 heavy (non-hydrogen) atoms. The number of nitrogen functional groups attached to an aromatic ring is 1. The van der Waals surface area contributed by atoms with Gasteiger partial charge < -0.3 is 11.1 Å².